The van der Waals surface area contributed by atoms with Crippen LogP contribution < -0.4 is 0 Å². The van der Waals surface area contributed by atoms with E-state index in [-0.39, 0.29) is 24.7 Å². The highest BCUT2D eigenvalue weighted by Crippen LogP contribution is 2.26. The molecule has 26 heavy (non-hydrogen) atoms. The van der Waals surface area contributed by atoms with Crippen LogP contribution in [0.15, 0.2) is 0 Å². The predicted molar refractivity (Wildman–Crippen MR) is 98.9 cm³/mol. The van der Waals surface area contributed by atoms with Gasteiger partial charge in [-0.2, -0.15) is 0 Å². The van der Waals surface area contributed by atoms with Crippen molar-refractivity contribution in [3.63, 3.8) is 0 Å². The molecule has 0 radical (unpaired) electrons. The minimum absolute atomic E-state index is 0.138. The number of rotatable bonds is 9. The fourth-order valence-corrected chi connectivity index (χ4v) is 5.27. The Morgan fingerprint density at radius 1 is 0.769 bits per heavy atom. The summed E-state index contributed by atoms with van der Waals surface area (Å²) in [5.74, 6) is -1.05. The molecule has 8 nitrogen and oxygen atoms in total. The molecule has 2 fully saturated rings. The third-order valence-electron chi connectivity index (χ3n) is 4.60. The van der Waals surface area contributed by atoms with Crippen LogP contribution >= 0.6 is 21.6 Å². The van der Waals surface area contributed by atoms with Crippen molar-refractivity contribution in [3.05, 3.63) is 0 Å². The predicted octanol–water partition coefficient (Wildman–Crippen LogP) is 1.30. The SMILES string of the molecule is O=C(O)C1CCCN1C(=O)CCSSCCC(=O)N1CCCC1C(=O)O. The quantitative estimate of drug-likeness (QED) is 0.436. The maximum absolute atomic E-state index is 12.1. The lowest BCUT2D eigenvalue weighted by Gasteiger charge is -2.21. The summed E-state index contributed by atoms with van der Waals surface area (Å²) >= 11 is 0. The highest BCUT2D eigenvalue weighted by Gasteiger charge is 2.34. The van der Waals surface area contributed by atoms with E-state index < -0.39 is 24.0 Å². The van der Waals surface area contributed by atoms with E-state index in [9.17, 15) is 19.2 Å². The van der Waals surface area contributed by atoms with E-state index in [2.05, 4.69) is 0 Å². The lowest BCUT2D eigenvalue weighted by Crippen LogP contribution is -2.40. The molecule has 0 bridgehead atoms. The summed E-state index contributed by atoms with van der Waals surface area (Å²) in [5.41, 5.74) is 0. The van der Waals surface area contributed by atoms with E-state index in [0.29, 0.717) is 37.4 Å². The molecule has 2 rings (SSSR count). The summed E-state index contributed by atoms with van der Waals surface area (Å²) in [6, 6.07) is -1.39. The van der Waals surface area contributed by atoms with Gasteiger partial charge < -0.3 is 20.0 Å². The number of aliphatic carboxylic acids is 2. The normalized spacial score (nSPS) is 22.6. The van der Waals surface area contributed by atoms with Gasteiger partial charge in [0.25, 0.3) is 0 Å². The molecule has 10 heteroatoms. The van der Waals surface area contributed by atoms with Crippen molar-refractivity contribution in [1.82, 2.24) is 9.80 Å². The van der Waals surface area contributed by atoms with Crippen LogP contribution in [0.4, 0.5) is 0 Å². The molecule has 2 atom stereocenters. The van der Waals surface area contributed by atoms with Crippen LogP contribution in [-0.2, 0) is 19.2 Å². The number of carbonyl (C=O) groups excluding carboxylic acids is 2. The monoisotopic (exact) mass is 404 g/mol. The van der Waals surface area contributed by atoms with E-state index in [1.165, 1.54) is 31.4 Å². The van der Waals surface area contributed by atoms with Gasteiger partial charge in [-0.1, -0.05) is 21.6 Å². The first kappa shape index (κ1) is 20.9. The van der Waals surface area contributed by atoms with E-state index in [1.54, 1.807) is 0 Å². The van der Waals surface area contributed by atoms with Crippen LogP contribution in [0.3, 0.4) is 0 Å². The highest BCUT2D eigenvalue weighted by molar-refractivity contribution is 8.76. The van der Waals surface area contributed by atoms with Gasteiger partial charge in [-0.3, -0.25) is 9.59 Å². The topological polar surface area (TPSA) is 115 Å². The Kier molecular flexibility index (Phi) is 8.08. The van der Waals surface area contributed by atoms with Gasteiger partial charge in [0.05, 0.1) is 0 Å². The van der Waals surface area contributed by atoms with Crippen molar-refractivity contribution in [2.75, 3.05) is 24.6 Å². The number of nitrogens with zero attached hydrogens (tertiary/aromatic N) is 2. The molecular weight excluding hydrogens is 380 g/mol. The van der Waals surface area contributed by atoms with E-state index >= 15 is 0 Å². The molecule has 0 saturated carbocycles. The van der Waals surface area contributed by atoms with Gasteiger partial charge in [0.15, 0.2) is 0 Å². The van der Waals surface area contributed by atoms with Crippen molar-refractivity contribution in [2.45, 2.75) is 50.6 Å². The zero-order valence-electron chi connectivity index (χ0n) is 14.5. The van der Waals surface area contributed by atoms with Crippen LogP contribution in [0.1, 0.15) is 38.5 Å². The standard InChI is InChI=1S/C16H24N2O6S2/c19-13(17-7-1-3-11(17)15(21)22)5-9-25-26-10-6-14(20)18-8-2-4-12(18)16(23)24/h11-12H,1-10H2,(H,21,22)(H,23,24). The maximum Gasteiger partial charge on any atom is 0.326 e. The van der Waals surface area contributed by atoms with Gasteiger partial charge in [-0.05, 0) is 25.7 Å². The van der Waals surface area contributed by atoms with Gasteiger partial charge >= 0.3 is 11.9 Å². The molecular formula is C16H24N2O6S2. The summed E-state index contributed by atoms with van der Waals surface area (Å²) in [6.07, 6.45) is 3.03. The molecule has 0 aromatic carbocycles. The Morgan fingerprint density at radius 2 is 1.15 bits per heavy atom. The Bertz CT molecular complexity index is 511. The second-order valence-electron chi connectivity index (χ2n) is 6.31. The molecule has 0 aliphatic carbocycles. The molecule has 2 aliphatic rings. The average molecular weight is 405 g/mol. The number of hydrogen-bond donors (Lipinski definition) is 2. The van der Waals surface area contributed by atoms with Crippen molar-refractivity contribution >= 4 is 45.3 Å². The molecule has 2 aliphatic heterocycles. The van der Waals surface area contributed by atoms with E-state index in [0.717, 1.165) is 12.8 Å². The van der Waals surface area contributed by atoms with Crippen LogP contribution in [-0.4, -0.2) is 80.4 Å². The third-order valence-corrected chi connectivity index (χ3v) is 7.01. The average Bonchev–Trinajstić information content (AvgIpc) is 3.26. The summed E-state index contributed by atoms with van der Waals surface area (Å²) in [5, 5.41) is 18.2. The summed E-state index contributed by atoms with van der Waals surface area (Å²) < 4.78 is 0. The van der Waals surface area contributed by atoms with Gasteiger partial charge in [0, 0.05) is 37.4 Å². The maximum atomic E-state index is 12.1. The van der Waals surface area contributed by atoms with Crippen molar-refractivity contribution in [3.8, 4) is 0 Å². The van der Waals surface area contributed by atoms with Gasteiger partial charge in [-0.25, -0.2) is 9.59 Å². The van der Waals surface area contributed by atoms with Crippen molar-refractivity contribution in [1.29, 1.82) is 0 Å². The van der Waals surface area contributed by atoms with Crippen LogP contribution in [0.5, 0.6) is 0 Å². The first-order valence-corrected chi connectivity index (χ1v) is 11.2. The first-order valence-electron chi connectivity index (χ1n) is 8.70. The molecule has 0 spiro atoms. The minimum atomic E-state index is -0.946. The van der Waals surface area contributed by atoms with Gasteiger partial charge in [0.2, 0.25) is 11.8 Å². The van der Waals surface area contributed by atoms with Gasteiger partial charge in [0.1, 0.15) is 12.1 Å². The number of hydrogen-bond acceptors (Lipinski definition) is 6. The number of amides is 2. The highest BCUT2D eigenvalue weighted by atomic mass is 33.1. The number of carboxylic acid groups (broad SMARTS) is 2. The fraction of sp³-hybridized carbons (Fsp3) is 0.750. The Labute approximate surface area is 160 Å². The molecule has 2 heterocycles. The minimum Gasteiger partial charge on any atom is -0.480 e. The third kappa shape index (κ3) is 5.54. The molecule has 0 aromatic rings. The fourth-order valence-electron chi connectivity index (χ4n) is 3.31. The Balaban J connectivity index is 1.59. The second kappa shape index (κ2) is 10.1. The zero-order chi connectivity index (χ0) is 19.1. The lowest BCUT2D eigenvalue weighted by molar-refractivity contribution is -0.148. The Morgan fingerprint density at radius 3 is 1.50 bits per heavy atom. The van der Waals surface area contributed by atoms with Crippen LogP contribution in [0.2, 0.25) is 0 Å². The van der Waals surface area contributed by atoms with Crippen LogP contribution in [0.25, 0.3) is 0 Å². The Hall–Kier alpha value is -1.42. The summed E-state index contributed by atoms with van der Waals surface area (Å²) in [4.78, 5) is 49.3. The first-order chi connectivity index (χ1) is 12.4. The molecule has 2 unspecified atom stereocenters. The summed E-state index contributed by atoms with van der Waals surface area (Å²) in [6.45, 7) is 1.01. The van der Waals surface area contributed by atoms with E-state index in [4.69, 9.17) is 10.2 Å². The zero-order valence-corrected chi connectivity index (χ0v) is 16.1. The molecule has 2 amide bonds. The number of likely N-dealkylation sites (tertiary alicyclic amines) is 2. The number of carbonyl (C=O) groups is 4. The van der Waals surface area contributed by atoms with Crippen molar-refractivity contribution < 1.29 is 29.4 Å². The lowest BCUT2D eigenvalue weighted by atomic mass is 10.2. The molecule has 0 aromatic heterocycles. The van der Waals surface area contributed by atoms with Gasteiger partial charge in [-0.15, -0.1) is 0 Å². The largest absolute Gasteiger partial charge is 0.480 e. The summed E-state index contributed by atoms with van der Waals surface area (Å²) in [7, 11) is 2.95. The van der Waals surface area contributed by atoms with Crippen molar-refractivity contribution in [2.24, 2.45) is 0 Å². The molecule has 2 saturated heterocycles. The number of carboxylic acids is 2. The second-order valence-corrected chi connectivity index (χ2v) is 9.01. The molecule has 2 N–H and O–H groups in total. The van der Waals surface area contributed by atoms with E-state index in [1.807, 2.05) is 0 Å². The smallest absolute Gasteiger partial charge is 0.326 e. The van der Waals surface area contributed by atoms with Crippen LogP contribution in [0, 0.1) is 0 Å². The molecule has 146 valence electrons.